The van der Waals surface area contributed by atoms with Crippen molar-refractivity contribution in [2.24, 2.45) is 0 Å². The Bertz CT molecular complexity index is 1640. The molecule has 0 N–H and O–H groups in total. The van der Waals surface area contributed by atoms with Crippen molar-refractivity contribution in [2.75, 3.05) is 62.7 Å². The van der Waals surface area contributed by atoms with Crippen molar-refractivity contribution in [3.63, 3.8) is 0 Å². The highest BCUT2D eigenvalue weighted by atomic mass is 35.5. The molecule has 1 aromatic carbocycles. The molecule has 1 saturated heterocycles. The molecule has 2 fully saturated rings. The summed E-state index contributed by atoms with van der Waals surface area (Å²) in [5.74, 6) is -2.04. The Morgan fingerprint density at radius 2 is 2.07 bits per heavy atom. The zero-order valence-electron chi connectivity index (χ0n) is 25.1. The molecule has 1 aliphatic carbocycles. The largest absolute Gasteiger partial charge is 0.462 e. The second-order valence-corrected chi connectivity index (χ2v) is 12.3. The number of carbonyl (C=O) groups is 1. The Morgan fingerprint density at radius 1 is 1.24 bits per heavy atom. The topological polar surface area (TPSA) is 82.3 Å². The summed E-state index contributed by atoms with van der Waals surface area (Å²) in [6.07, 6.45) is 5.28. The Kier molecular flexibility index (Phi) is 8.75. The van der Waals surface area contributed by atoms with E-state index in [-0.39, 0.29) is 50.0 Å². The highest BCUT2D eigenvalue weighted by molar-refractivity contribution is 6.36. The van der Waals surface area contributed by atoms with Gasteiger partial charge in [0.05, 0.1) is 29.1 Å². The van der Waals surface area contributed by atoms with Gasteiger partial charge in [0.1, 0.15) is 18.5 Å². The van der Waals surface area contributed by atoms with Crippen LogP contribution in [0.1, 0.15) is 24.1 Å². The molecule has 10 nitrogen and oxygen atoms in total. The van der Waals surface area contributed by atoms with Crippen LogP contribution in [0.15, 0.2) is 43.2 Å². The molecular weight excluding hydrogens is 602 g/mol. The monoisotopic (exact) mass is 636 g/mol. The van der Waals surface area contributed by atoms with Crippen LogP contribution >= 0.6 is 11.6 Å². The highest BCUT2D eigenvalue weighted by Crippen LogP contribution is 2.40. The number of amides is 1. The van der Waals surface area contributed by atoms with E-state index in [4.69, 9.17) is 32.9 Å². The van der Waals surface area contributed by atoms with Gasteiger partial charge in [-0.05, 0) is 25.6 Å². The lowest BCUT2D eigenvalue weighted by molar-refractivity contribution is -0.128. The number of pyridine rings is 1. The standard InChI is InChI=1S/C32H35ClF2N8O2/c1-4-28(44)43-11-10-42(19-23(43)17-36-2)30-24-8-9-41(27-18-37-16-21-6-5-7-25(33)29(21)27)20-26(24)38-31(39-30)45-13-12-40(3)22-14-32(34,35)15-22/h4-7,16,18,22-23H,1,8-15,17,19-20H2,3H3/t23-/m0/s1. The lowest BCUT2D eigenvalue weighted by atomic mass is 9.87. The van der Waals surface area contributed by atoms with E-state index in [1.807, 2.05) is 36.3 Å². The van der Waals surface area contributed by atoms with Gasteiger partial charge in [0.25, 0.3) is 5.92 Å². The predicted octanol–water partition coefficient (Wildman–Crippen LogP) is 4.47. The molecule has 0 radical (unpaired) electrons. The van der Waals surface area contributed by atoms with E-state index in [2.05, 4.69) is 26.2 Å². The summed E-state index contributed by atoms with van der Waals surface area (Å²) in [4.78, 5) is 38.2. The van der Waals surface area contributed by atoms with Crippen molar-refractivity contribution in [1.82, 2.24) is 24.8 Å². The zero-order valence-corrected chi connectivity index (χ0v) is 25.9. The number of fused-ring (bicyclic) bond motifs is 2. The smallest absolute Gasteiger partial charge is 0.318 e. The van der Waals surface area contributed by atoms with Crippen LogP contribution in [0.3, 0.4) is 0 Å². The first kappa shape index (κ1) is 30.9. The predicted molar refractivity (Wildman–Crippen MR) is 169 cm³/mol. The van der Waals surface area contributed by atoms with E-state index in [9.17, 15) is 13.6 Å². The molecule has 45 heavy (non-hydrogen) atoms. The minimum absolute atomic E-state index is 0.141. The summed E-state index contributed by atoms with van der Waals surface area (Å²) >= 11 is 6.65. The summed E-state index contributed by atoms with van der Waals surface area (Å²) in [7, 11) is 1.82. The number of carbonyl (C=O) groups excluding carboxylic acids is 1. The zero-order chi connectivity index (χ0) is 31.7. The number of benzene rings is 1. The lowest BCUT2D eigenvalue weighted by Crippen LogP contribution is -2.56. The normalized spacial score (nSPS) is 19.6. The van der Waals surface area contributed by atoms with Gasteiger partial charge in [0.2, 0.25) is 12.5 Å². The van der Waals surface area contributed by atoms with Crippen molar-refractivity contribution < 1.29 is 18.3 Å². The molecule has 13 heteroatoms. The second kappa shape index (κ2) is 12.7. The molecule has 1 atom stereocenters. The number of hydrogen-bond acceptors (Lipinski definition) is 8. The van der Waals surface area contributed by atoms with Crippen molar-refractivity contribution >= 4 is 39.8 Å². The first-order valence-electron chi connectivity index (χ1n) is 15.1. The Morgan fingerprint density at radius 3 is 2.82 bits per heavy atom. The van der Waals surface area contributed by atoms with Gasteiger partial charge in [-0.1, -0.05) is 30.3 Å². The van der Waals surface area contributed by atoms with Gasteiger partial charge in [0, 0.05) is 74.1 Å². The average Bonchev–Trinajstić information content (AvgIpc) is 3.02. The third kappa shape index (κ3) is 6.37. The van der Waals surface area contributed by atoms with E-state index < -0.39 is 5.92 Å². The van der Waals surface area contributed by atoms with E-state index in [1.54, 1.807) is 11.1 Å². The molecule has 2 aliphatic heterocycles. The molecule has 3 aromatic rings. The third-order valence-corrected chi connectivity index (χ3v) is 9.30. The summed E-state index contributed by atoms with van der Waals surface area (Å²) in [6.45, 7) is 14.5. The number of anilines is 2. The number of hydrogen-bond donors (Lipinski definition) is 0. The van der Waals surface area contributed by atoms with Crippen LogP contribution in [0, 0.1) is 6.57 Å². The van der Waals surface area contributed by atoms with Gasteiger partial charge in [-0.2, -0.15) is 9.97 Å². The first-order valence-corrected chi connectivity index (χ1v) is 15.4. The number of rotatable bonds is 9. The van der Waals surface area contributed by atoms with Crippen LogP contribution in [0.2, 0.25) is 5.02 Å². The fraction of sp³-hybridized carbons (Fsp3) is 0.469. The molecule has 0 bridgehead atoms. The number of nitrogens with zero attached hydrogens (tertiary/aromatic N) is 8. The Labute approximate surface area is 266 Å². The van der Waals surface area contributed by atoms with Crippen molar-refractivity contribution in [3.05, 3.63) is 70.9 Å². The highest BCUT2D eigenvalue weighted by Gasteiger charge is 2.46. The van der Waals surface area contributed by atoms with Crippen molar-refractivity contribution in [3.8, 4) is 6.01 Å². The van der Waals surface area contributed by atoms with Crippen LogP contribution < -0.4 is 14.5 Å². The van der Waals surface area contributed by atoms with Crippen molar-refractivity contribution in [2.45, 2.75) is 43.8 Å². The number of likely N-dealkylation sites (N-methyl/N-ethyl adjacent to an activating group) is 1. The average molecular weight is 637 g/mol. The number of piperazine rings is 1. The summed E-state index contributed by atoms with van der Waals surface area (Å²) in [5, 5.41) is 2.52. The van der Waals surface area contributed by atoms with Gasteiger partial charge in [-0.3, -0.25) is 14.7 Å². The van der Waals surface area contributed by atoms with Crippen LogP contribution in [0.25, 0.3) is 15.6 Å². The van der Waals surface area contributed by atoms with E-state index in [0.29, 0.717) is 50.7 Å². The Hall–Kier alpha value is -4.08. The Balaban J connectivity index is 1.28. The molecule has 236 valence electrons. The molecule has 1 saturated carbocycles. The molecule has 2 aromatic heterocycles. The van der Waals surface area contributed by atoms with Crippen LogP contribution in [-0.2, 0) is 17.8 Å². The molecule has 0 spiro atoms. The fourth-order valence-corrected chi connectivity index (χ4v) is 6.73. The first-order chi connectivity index (χ1) is 21.7. The third-order valence-electron chi connectivity index (χ3n) is 8.98. The maximum Gasteiger partial charge on any atom is 0.318 e. The number of alkyl halides is 2. The minimum atomic E-state index is -2.59. The molecule has 6 rings (SSSR count). The summed E-state index contributed by atoms with van der Waals surface area (Å²) < 4.78 is 32.9. The van der Waals surface area contributed by atoms with Crippen LogP contribution in [0.5, 0.6) is 6.01 Å². The fourth-order valence-electron chi connectivity index (χ4n) is 6.45. The quantitative estimate of drug-likeness (QED) is 0.251. The van der Waals surface area contributed by atoms with Gasteiger partial charge in [-0.15, -0.1) is 0 Å². The summed E-state index contributed by atoms with van der Waals surface area (Å²) in [6, 6.07) is 5.48. The van der Waals surface area contributed by atoms with E-state index in [1.165, 1.54) is 6.08 Å². The van der Waals surface area contributed by atoms with Crippen LogP contribution in [-0.4, -0.2) is 102 Å². The second-order valence-electron chi connectivity index (χ2n) is 11.8. The summed E-state index contributed by atoms with van der Waals surface area (Å²) in [5.41, 5.74) is 2.72. The van der Waals surface area contributed by atoms with Gasteiger partial charge >= 0.3 is 6.01 Å². The van der Waals surface area contributed by atoms with Crippen molar-refractivity contribution in [1.29, 1.82) is 0 Å². The molecule has 4 heterocycles. The molecule has 1 amide bonds. The lowest BCUT2D eigenvalue weighted by Gasteiger charge is -2.41. The van der Waals surface area contributed by atoms with E-state index >= 15 is 0 Å². The number of ether oxygens (including phenoxy) is 1. The van der Waals surface area contributed by atoms with Gasteiger partial charge in [0.15, 0.2) is 0 Å². The minimum Gasteiger partial charge on any atom is -0.462 e. The molecular formula is C32H35ClF2N8O2. The molecule has 3 aliphatic rings. The maximum absolute atomic E-state index is 13.4. The van der Waals surface area contributed by atoms with Gasteiger partial charge < -0.3 is 24.3 Å². The SMILES string of the molecule is [C-]#[N+]C[C@H]1CN(c2nc(OCCN(C)C3CC(F)(F)C3)nc3c2CCN(c2cncc4cccc(Cl)c24)C3)CCN1C(=O)C=C. The number of halogens is 3. The van der Waals surface area contributed by atoms with E-state index in [0.717, 1.165) is 33.5 Å². The molecule has 0 unspecified atom stereocenters. The maximum atomic E-state index is 13.4. The van der Waals surface area contributed by atoms with Crippen LogP contribution in [0.4, 0.5) is 20.3 Å². The van der Waals surface area contributed by atoms with Gasteiger partial charge in [-0.25, -0.2) is 15.4 Å². The number of aromatic nitrogens is 3.